The number of primary amides is 1. The molecule has 1 aliphatic rings. The van der Waals surface area contributed by atoms with Gasteiger partial charge < -0.3 is 20.5 Å². The van der Waals surface area contributed by atoms with Gasteiger partial charge in [-0.05, 0) is 30.5 Å². The standard InChI is InChI=1S/C16H20N4O5/c17-14(21)10-25-12-4-1-3-11(7-12)8-19-20-16(23)15(22)18-9-13-5-2-6-24-13/h1,3-4,7-8,13H,2,5-6,9-10H2,(H2,17,21)(H,18,22)(H,20,23)/b19-8-/t13-/m0/s1. The Balaban J connectivity index is 1.77. The van der Waals surface area contributed by atoms with Crippen LogP contribution in [0.5, 0.6) is 5.75 Å². The summed E-state index contributed by atoms with van der Waals surface area (Å²) < 4.78 is 10.5. The van der Waals surface area contributed by atoms with E-state index in [0.29, 0.717) is 24.5 Å². The Morgan fingerprint density at radius 1 is 1.36 bits per heavy atom. The van der Waals surface area contributed by atoms with Crippen molar-refractivity contribution in [2.75, 3.05) is 19.8 Å². The molecule has 3 amide bonds. The second-order valence-corrected chi connectivity index (χ2v) is 5.37. The lowest BCUT2D eigenvalue weighted by Crippen LogP contribution is -2.41. The van der Waals surface area contributed by atoms with Crippen molar-refractivity contribution in [3.8, 4) is 5.75 Å². The highest BCUT2D eigenvalue weighted by molar-refractivity contribution is 6.35. The van der Waals surface area contributed by atoms with E-state index in [1.165, 1.54) is 6.21 Å². The van der Waals surface area contributed by atoms with Crippen molar-refractivity contribution in [2.24, 2.45) is 10.8 Å². The first-order valence-electron chi connectivity index (χ1n) is 7.78. The second-order valence-electron chi connectivity index (χ2n) is 5.37. The summed E-state index contributed by atoms with van der Waals surface area (Å²) in [5, 5.41) is 6.21. The average molecular weight is 348 g/mol. The number of carbonyl (C=O) groups is 3. The van der Waals surface area contributed by atoms with Crippen molar-refractivity contribution in [1.82, 2.24) is 10.7 Å². The van der Waals surface area contributed by atoms with Crippen LogP contribution in [0.25, 0.3) is 0 Å². The molecule has 9 heteroatoms. The summed E-state index contributed by atoms with van der Waals surface area (Å²) in [5.74, 6) is -1.79. The number of amides is 3. The smallest absolute Gasteiger partial charge is 0.329 e. The maximum absolute atomic E-state index is 11.6. The molecule has 0 bridgehead atoms. The van der Waals surface area contributed by atoms with Crippen LogP contribution in [-0.2, 0) is 19.1 Å². The van der Waals surface area contributed by atoms with Gasteiger partial charge in [0.2, 0.25) is 0 Å². The van der Waals surface area contributed by atoms with Gasteiger partial charge >= 0.3 is 11.8 Å². The number of hydrazone groups is 1. The first-order valence-corrected chi connectivity index (χ1v) is 7.78. The summed E-state index contributed by atoms with van der Waals surface area (Å²) in [6.07, 6.45) is 3.14. The van der Waals surface area contributed by atoms with E-state index in [2.05, 4.69) is 15.8 Å². The summed E-state index contributed by atoms with van der Waals surface area (Å²) in [5.41, 5.74) is 7.75. The second kappa shape index (κ2) is 9.38. The predicted molar refractivity (Wildman–Crippen MR) is 88.9 cm³/mol. The van der Waals surface area contributed by atoms with Gasteiger partial charge in [-0.1, -0.05) is 12.1 Å². The lowest BCUT2D eigenvalue weighted by atomic mass is 10.2. The van der Waals surface area contributed by atoms with Gasteiger partial charge in [0.05, 0.1) is 12.3 Å². The van der Waals surface area contributed by atoms with E-state index in [9.17, 15) is 14.4 Å². The molecule has 2 rings (SSSR count). The Hall–Kier alpha value is -2.94. The van der Waals surface area contributed by atoms with E-state index in [1.807, 2.05) is 0 Å². The van der Waals surface area contributed by atoms with Gasteiger partial charge in [0, 0.05) is 13.2 Å². The summed E-state index contributed by atoms with van der Waals surface area (Å²) >= 11 is 0. The third-order valence-electron chi connectivity index (χ3n) is 3.34. The van der Waals surface area contributed by atoms with E-state index >= 15 is 0 Å². The van der Waals surface area contributed by atoms with Gasteiger partial charge in [-0.3, -0.25) is 14.4 Å². The number of nitrogens with one attached hydrogen (secondary N) is 2. The van der Waals surface area contributed by atoms with Crippen molar-refractivity contribution in [3.63, 3.8) is 0 Å². The summed E-state index contributed by atoms with van der Waals surface area (Å²) in [6.45, 7) is 0.747. The van der Waals surface area contributed by atoms with Crippen molar-refractivity contribution in [2.45, 2.75) is 18.9 Å². The molecule has 0 radical (unpaired) electrons. The first-order chi connectivity index (χ1) is 12.0. The molecular weight excluding hydrogens is 328 g/mol. The highest BCUT2D eigenvalue weighted by Gasteiger charge is 2.18. The Morgan fingerprint density at radius 2 is 2.20 bits per heavy atom. The number of rotatable bonds is 7. The molecule has 0 spiro atoms. The molecule has 0 aliphatic carbocycles. The zero-order chi connectivity index (χ0) is 18.1. The average Bonchev–Trinajstić information content (AvgIpc) is 3.11. The number of carbonyl (C=O) groups excluding carboxylic acids is 3. The Labute approximate surface area is 144 Å². The van der Waals surface area contributed by atoms with Crippen LogP contribution < -0.4 is 21.2 Å². The van der Waals surface area contributed by atoms with E-state index in [4.69, 9.17) is 15.2 Å². The Bertz CT molecular complexity index is 656. The fourth-order valence-electron chi connectivity index (χ4n) is 2.15. The molecule has 4 N–H and O–H groups in total. The zero-order valence-electron chi connectivity index (χ0n) is 13.6. The van der Waals surface area contributed by atoms with Crippen LogP contribution in [0.3, 0.4) is 0 Å². The van der Waals surface area contributed by atoms with Crippen molar-refractivity contribution < 1.29 is 23.9 Å². The van der Waals surface area contributed by atoms with Gasteiger partial charge in [-0.25, -0.2) is 5.43 Å². The van der Waals surface area contributed by atoms with Crippen molar-refractivity contribution >= 4 is 23.9 Å². The summed E-state index contributed by atoms with van der Waals surface area (Å²) in [7, 11) is 0. The molecule has 9 nitrogen and oxygen atoms in total. The quantitative estimate of drug-likeness (QED) is 0.340. The van der Waals surface area contributed by atoms with Crippen LogP contribution in [-0.4, -0.2) is 49.8 Å². The maximum atomic E-state index is 11.6. The Morgan fingerprint density at radius 3 is 2.92 bits per heavy atom. The summed E-state index contributed by atoms with van der Waals surface area (Å²) in [6, 6.07) is 6.66. The number of benzene rings is 1. The van der Waals surface area contributed by atoms with E-state index in [0.717, 1.165) is 12.8 Å². The van der Waals surface area contributed by atoms with Gasteiger partial charge in [-0.15, -0.1) is 0 Å². The van der Waals surface area contributed by atoms with E-state index in [-0.39, 0.29) is 12.7 Å². The van der Waals surface area contributed by atoms with E-state index < -0.39 is 17.7 Å². The third-order valence-corrected chi connectivity index (χ3v) is 3.34. The largest absolute Gasteiger partial charge is 0.484 e. The molecule has 134 valence electrons. The molecule has 0 saturated carbocycles. The number of nitrogens with two attached hydrogens (primary N) is 1. The first kappa shape index (κ1) is 18.4. The minimum atomic E-state index is -0.865. The van der Waals surface area contributed by atoms with Crippen LogP contribution in [0, 0.1) is 0 Å². The molecule has 25 heavy (non-hydrogen) atoms. The molecular formula is C16H20N4O5. The van der Waals surface area contributed by atoms with Gasteiger partial charge in [0.15, 0.2) is 6.61 Å². The van der Waals surface area contributed by atoms with Crippen LogP contribution in [0.2, 0.25) is 0 Å². The topological polar surface area (TPSA) is 132 Å². The summed E-state index contributed by atoms with van der Waals surface area (Å²) in [4.78, 5) is 33.9. The molecule has 1 heterocycles. The predicted octanol–water partition coefficient (Wildman–Crippen LogP) is -0.704. The van der Waals surface area contributed by atoms with Crippen molar-refractivity contribution in [3.05, 3.63) is 29.8 Å². The minimum absolute atomic E-state index is 0.0385. The number of nitrogens with zero attached hydrogens (tertiary/aromatic N) is 1. The van der Waals surface area contributed by atoms with Gasteiger partial charge in [0.1, 0.15) is 5.75 Å². The SMILES string of the molecule is NC(=O)COc1cccc(/C=N\NC(=O)C(=O)NC[C@@H]2CCCO2)c1. The molecule has 1 atom stereocenters. The highest BCUT2D eigenvalue weighted by atomic mass is 16.5. The minimum Gasteiger partial charge on any atom is -0.484 e. The molecule has 1 aromatic rings. The molecule has 1 fully saturated rings. The monoisotopic (exact) mass is 348 g/mol. The fraction of sp³-hybridized carbons (Fsp3) is 0.375. The van der Waals surface area contributed by atoms with Crippen LogP contribution >= 0.6 is 0 Å². The molecule has 1 aliphatic heterocycles. The molecule has 0 aromatic heterocycles. The Kier molecular flexibility index (Phi) is 6.90. The lowest BCUT2D eigenvalue weighted by molar-refractivity contribution is -0.139. The molecule has 1 aromatic carbocycles. The van der Waals surface area contributed by atoms with Crippen LogP contribution in [0.1, 0.15) is 18.4 Å². The zero-order valence-corrected chi connectivity index (χ0v) is 13.6. The maximum Gasteiger partial charge on any atom is 0.329 e. The fourth-order valence-corrected chi connectivity index (χ4v) is 2.15. The normalized spacial score (nSPS) is 16.6. The van der Waals surface area contributed by atoms with Crippen LogP contribution in [0.15, 0.2) is 29.4 Å². The molecule has 0 unspecified atom stereocenters. The van der Waals surface area contributed by atoms with Gasteiger partial charge in [0.25, 0.3) is 5.91 Å². The molecule has 1 saturated heterocycles. The van der Waals surface area contributed by atoms with Gasteiger partial charge in [-0.2, -0.15) is 5.10 Å². The van der Waals surface area contributed by atoms with E-state index in [1.54, 1.807) is 24.3 Å². The third kappa shape index (κ3) is 6.60. The van der Waals surface area contributed by atoms with Crippen LogP contribution in [0.4, 0.5) is 0 Å². The number of hydrogen-bond acceptors (Lipinski definition) is 6. The highest BCUT2D eigenvalue weighted by Crippen LogP contribution is 2.12. The number of ether oxygens (including phenoxy) is 2. The van der Waals surface area contributed by atoms with Crippen molar-refractivity contribution in [1.29, 1.82) is 0 Å². The lowest BCUT2D eigenvalue weighted by Gasteiger charge is -2.09. The number of hydrogen-bond donors (Lipinski definition) is 3.